The van der Waals surface area contributed by atoms with Crippen LogP contribution in [0.4, 0.5) is 0 Å². The molecule has 0 unspecified atom stereocenters. The van der Waals surface area contributed by atoms with Gasteiger partial charge >= 0.3 is 5.97 Å². The van der Waals surface area contributed by atoms with Crippen LogP contribution in [-0.2, 0) is 30.0 Å². The molecule has 0 amide bonds. The van der Waals surface area contributed by atoms with Crippen molar-refractivity contribution >= 4 is 17.0 Å². The van der Waals surface area contributed by atoms with Crippen molar-refractivity contribution in [3.63, 3.8) is 0 Å². The number of pyridine rings is 1. The Bertz CT molecular complexity index is 1150. The van der Waals surface area contributed by atoms with Crippen LogP contribution >= 0.6 is 0 Å². The number of fused-ring (bicyclic) bond motifs is 1. The Labute approximate surface area is 188 Å². The lowest BCUT2D eigenvalue weighted by molar-refractivity contribution is -0.153. The van der Waals surface area contributed by atoms with Gasteiger partial charge in [-0.1, -0.05) is 19.9 Å². The van der Waals surface area contributed by atoms with Crippen LogP contribution < -0.4 is 5.56 Å². The minimum atomic E-state index is -0.771. The molecule has 0 aliphatic rings. The summed E-state index contributed by atoms with van der Waals surface area (Å²) in [5, 5.41) is 10.1. The molecule has 2 heterocycles. The van der Waals surface area contributed by atoms with Crippen molar-refractivity contribution in [2.45, 2.75) is 46.6 Å². The third-order valence-corrected chi connectivity index (χ3v) is 5.75. The zero-order chi connectivity index (χ0) is 23.6. The molecule has 2 atom stereocenters. The molecule has 3 aromatic rings. The van der Waals surface area contributed by atoms with Gasteiger partial charge in [-0.25, -0.2) is 4.98 Å². The van der Waals surface area contributed by atoms with Crippen molar-refractivity contribution in [2.24, 2.45) is 25.9 Å². The van der Waals surface area contributed by atoms with Crippen LogP contribution in [0.3, 0.4) is 0 Å². The Morgan fingerprint density at radius 2 is 1.91 bits per heavy atom. The molecule has 0 saturated carbocycles. The Morgan fingerprint density at radius 3 is 2.53 bits per heavy atom. The summed E-state index contributed by atoms with van der Waals surface area (Å²) in [5.41, 5.74) is 4.41. The quantitative estimate of drug-likeness (QED) is 0.544. The fourth-order valence-corrected chi connectivity index (χ4v) is 3.89. The highest BCUT2D eigenvalue weighted by Gasteiger charge is 2.25. The molecule has 172 valence electrons. The van der Waals surface area contributed by atoms with E-state index in [1.54, 1.807) is 31.7 Å². The predicted molar refractivity (Wildman–Crippen MR) is 125 cm³/mol. The van der Waals surface area contributed by atoms with Crippen molar-refractivity contribution < 1.29 is 14.6 Å². The van der Waals surface area contributed by atoms with Crippen molar-refractivity contribution in [3.05, 3.63) is 51.9 Å². The number of benzene rings is 1. The molecule has 0 aliphatic heterocycles. The molecule has 1 aromatic carbocycles. The van der Waals surface area contributed by atoms with Gasteiger partial charge in [-0.3, -0.25) is 9.59 Å². The van der Waals surface area contributed by atoms with Crippen LogP contribution in [0.15, 0.2) is 35.3 Å². The van der Waals surface area contributed by atoms with E-state index in [1.807, 2.05) is 49.7 Å². The normalized spacial score (nSPS) is 13.5. The maximum atomic E-state index is 12.4. The average molecular weight is 440 g/mol. The molecule has 2 aromatic heterocycles. The molecule has 1 N–H and O–H groups in total. The molecule has 0 fully saturated rings. The second kappa shape index (κ2) is 9.69. The molecular formula is C25H33N3O4. The molecule has 7 heteroatoms. The zero-order valence-corrected chi connectivity index (χ0v) is 19.8. The van der Waals surface area contributed by atoms with Gasteiger partial charge < -0.3 is 19.0 Å². The number of aryl methyl sites for hydroxylation is 4. The van der Waals surface area contributed by atoms with Crippen molar-refractivity contribution in [1.29, 1.82) is 0 Å². The van der Waals surface area contributed by atoms with Crippen LogP contribution in [0.1, 0.15) is 38.3 Å². The van der Waals surface area contributed by atoms with E-state index in [1.165, 1.54) is 0 Å². The summed E-state index contributed by atoms with van der Waals surface area (Å²) < 4.78 is 8.93. The monoisotopic (exact) mass is 439 g/mol. The van der Waals surface area contributed by atoms with Crippen LogP contribution in [0.2, 0.25) is 0 Å². The molecule has 0 radical (unpaired) electrons. The van der Waals surface area contributed by atoms with E-state index in [0.717, 1.165) is 28.0 Å². The lowest BCUT2D eigenvalue weighted by Crippen LogP contribution is -2.29. The van der Waals surface area contributed by atoms with E-state index in [4.69, 9.17) is 9.72 Å². The maximum absolute atomic E-state index is 12.4. The molecule has 0 spiro atoms. The summed E-state index contributed by atoms with van der Waals surface area (Å²) >= 11 is 0. The van der Waals surface area contributed by atoms with E-state index in [0.29, 0.717) is 25.0 Å². The minimum absolute atomic E-state index is 0.0191. The number of aliphatic hydroxyl groups is 1. The zero-order valence-electron chi connectivity index (χ0n) is 19.8. The average Bonchev–Trinajstić information content (AvgIpc) is 3.06. The van der Waals surface area contributed by atoms with E-state index in [-0.39, 0.29) is 17.4 Å². The van der Waals surface area contributed by atoms with Crippen LogP contribution in [0.5, 0.6) is 0 Å². The summed E-state index contributed by atoms with van der Waals surface area (Å²) in [6.45, 7) is 7.76. The Morgan fingerprint density at radius 1 is 1.19 bits per heavy atom. The van der Waals surface area contributed by atoms with Crippen molar-refractivity contribution in [2.75, 3.05) is 6.61 Å². The molecule has 3 rings (SSSR count). The van der Waals surface area contributed by atoms with Crippen LogP contribution in [0, 0.1) is 18.8 Å². The first-order chi connectivity index (χ1) is 15.1. The first kappa shape index (κ1) is 23.7. The molecule has 0 saturated heterocycles. The van der Waals surface area contributed by atoms with Gasteiger partial charge in [0.2, 0.25) is 0 Å². The van der Waals surface area contributed by atoms with Gasteiger partial charge in [0.15, 0.2) is 0 Å². The van der Waals surface area contributed by atoms with E-state index in [2.05, 4.69) is 0 Å². The van der Waals surface area contributed by atoms with Crippen LogP contribution in [-0.4, -0.2) is 37.9 Å². The fourth-order valence-electron chi connectivity index (χ4n) is 3.89. The summed E-state index contributed by atoms with van der Waals surface area (Å²) in [5.74, 6) is 0.137. The van der Waals surface area contributed by atoms with Gasteiger partial charge in [0, 0.05) is 31.4 Å². The molecule has 0 bridgehead atoms. The third kappa shape index (κ3) is 5.10. The third-order valence-electron chi connectivity index (χ3n) is 5.75. The number of imidazole rings is 1. The predicted octanol–water partition coefficient (Wildman–Crippen LogP) is 3.38. The van der Waals surface area contributed by atoms with E-state index >= 15 is 0 Å². The number of carbonyl (C=O) groups is 1. The lowest BCUT2D eigenvalue weighted by Gasteiger charge is -2.19. The van der Waals surface area contributed by atoms with E-state index in [9.17, 15) is 14.7 Å². The number of esters is 1. The SMILES string of the molecule is Cc1cc(-c2nc3cc(CC[C@H](C(=O)OCC(C)C)[C@@H](C)O)ccc3n2C)cn(C)c1=O. The highest BCUT2D eigenvalue weighted by atomic mass is 16.5. The number of hydrogen-bond donors (Lipinski definition) is 1. The Balaban J connectivity index is 1.82. The molecule has 0 aliphatic carbocycles. The smallest absolute Gasteiger partial charge is 0.311 e. The van der Waals surface area contributed by atoms with Gasteiger partial charge in [0.1, 0.15) is 5.82 Å². The number of carbonyl (C=O) groups excluding carboxylic acids is 1. The van der Waals surface area contributed by atoms with Gasteiger partial charge in [-0.15, -0.1) is 0 Å². The number of aliphatic hydroxyl groups excluding tert-OH is 1. The standard InChI is InChI=1S/C25H33N3O4/c1-15(2)14-32-25(31)20(17(4)29)9-7-18-8-10-22-21(12-18)26-23(28(22)6)19-11-16(3)24(30)27(5)13-19/h8,10-13,15,17,20,29H,7,9,14H2,1-6H3/t17-,20+/m1/s1. The van der Waals surface area contributed by atoms with Crippen molar-refractivity contribution in [3.8, 4) is 11.4 Å². The second-order valence-corrected chi connectivity index (χ2v) is 9.06. The van der Waals surface area contributed by atoms with Crippen molar-refractivity contribution in [1.82, 2.24) is 14.1 Å². The molecule has 7 nitrogen and oxygen atoms in total. The summed E-state index contributed by atoms with van der Waals surface area (Å²) in [7, 11) is 3.70. The lowest BCUT2D eigenvalue weighted by atomic mass is 9.95. The number of rotatable bonds is 8. The fraction of sp³-hybridized carbons (Fsp3) is 0.480. The second-order valence-electron chi connectivity index (χ2n) is 9.06. The topological polar surface area (TPSA) is 86.3 Å². The summed E-state index contributed by atoms with van der Waals surface area (Å²) in [4.78, 5) is 29.2. The molecular weight excluding hydrogens is 406 g/mol. The first-order valence-electron chi connectivity index (χ1n) is 11.1. The summed E-state index contributed by atoms with van der Waals surface area (Å²) in [6.07, 6.45) is 2.16. The van der Waals surface area contributed by atoms with Crippen LogP contribution in [0.25, 0.3) is 22.4 Å². The van der Waals surface area contributed by atoms with Gasteiger partial charge in [0.05, 0.1) is 29.7 Å². The molecule has 32 heavy (non-hydrogen) atoms. The van der Waals surface area contributed by atoms with Gasteiger partial charge in [-0.2, -0.15) is 0 Å². The number of nitrogens with zero attached hydrogens (tertiary/aromatic N) is 3. The number of aromatic nitrogens is 3. The first-order valence-corrected chi connectivity index (χ1v) is 11.1. The van der Waals surface area contributed by atoms with E-state index < -0.39 is 12.0 Å². The van der Waals surface area contributed by atoms with Gasteiger partial charge in [-0.05, 0) is 56.4 Å². The maximum Gasteiger partial charge on any atom is 0.311 e. The summed E-state index contributed by atoms with van der Waals surface area (Å²) in [6, 6.07) is 7.93. The largest absolute Gasteiger partial charge is 0.465 e. The Hall–Kier alpha value is -2.93. The highest BCUT2D eigenvalue weighted by Crippen LogP contribution is 2.25. The van der Waals surface area contributed by atoms with Gasteiger partial charge in [0.25, 0.3) is 5.56 Å². The highest BCUT2D eigenvalue weighted by molar-refractivity contribution is 5.81. The Kier molecular flexibility index (Phi) is 7.19. The minimum Gasteiger partial charge on any atom is -0.465 e. The number of hydrogen-bond acceptors (Lipinski definition) is 5. The number of ether oxygens (including phenoxy) is 1.